The van der Waals surface area contributed by atoms with Crippen LogP contribution in [0.4, 0.5) is 0 Å². The monoisotopic (exact) mass is 358 g/mol. The van der Waals surface area contributed by atoms with E-state index in [1.807, 2.05) is 13.8 Å². The van der Waals surface area contributed by atoms with Gasteiger partial charge in [-0.15, -0.1) is 0 Å². The van der Waals surface area contributed by atoms with Crippen LogP contribution in [0.3, 0.4) is 0 Å². The van der Waals surface area contributed by atoms with Crippen molar-refractivity contribution in [3.63, 3.8) is 0 Å². The molecule has 0 aliphatic carbocycles. The fraction of sp³-hybridized carbons (Fsp3) is 0.231. The van der Waals surface area contributed by atoms with Gasteiger partial charge < -0.3 is 4.74 Å². The van der Waals surface area contributed by atoms with Gasteiger partial charge in [-0.3, -0.25) is 9.89 Å². The molecule has 0 radical (unpaired) electrons. The van der Waals surface area contributed by atoms with Crippen LogP contribution in [-0.2, 0) is 0 Å². The quantitative estimate of drug-likeness (QED) is 0.672. The Morgan fingerprint density at radius 2 is 2.05 bits per heavy atom. The molecule has 9 heteroatoms. The van der Waals surface area contributed by atoms with Crippen LogP contribution in [-0.4, -0.2) is 27.2 Å². The lowest BCUT2D eigenvalue weighted by molar-refractivity contribution is 0.243. The van der Waals surface area contributed by atoms with Crippen LogP contribution in [0.5, 0.6) is 5.75 Å². The van der Waals surface area contributed by atoms with Crippen molar-refractivity contribution < 1.29 is 4.74 Å². The maximum absolute atomic E-state index is 11.6. The van der Waals surface area contributed by atoms with E-state index in [-0.39, 0.29) is 10.9 Å². The van der Waals surface area contributed by atoms with E-state index in [0.29, 0.717) is 21.4 Å². The number of aromatic amines is 1. The summed E-state index contributed by atoms with van der Waals surface area (Å²) in [6.45, 7) is 3.75. The van der Waals surface area contributed by atoms with Crippen molar-refractivity contribution in [3.05, 3.63) is 49.1 Å². The Labute approximate surface area is 141 Å². The molecule has 1 heterocycles. The van der Waals surface area contributed by atoms with E-state index in [1.165, 1.54) is 6.21 Å². The first-order chi connectivity index (χ1) is 10.4. The molecule has 6 nitrogen and oxygen atoms in total. The second-order valence-electron chi connectivity index (χ2n) is 4.55. The number of H-pyrrole nitrogens is 1. The third-order valence-corrected chi connectivity index (χ3v) is 3.26. The summed E-state index contributed by atoms with van der Waals surface area (Å²) in [5.74, 6) is 0.411. The van der Waals surface area contributed by atoms with Crippen molar-refractivity contribution in [2.24, 2.45) is 5.10 Å². The molecule has 2 rings (SSSR count). The number of nitrogens with one attached hydrogen (secondary N) is 1. The highest BCUT2D eigenvalue weighted by molar-refractivity contribution is 7.71. The van der Waals surface area contributed by atoms with Crippen molar-refractivity contribution in [3.8, 4) is 5.75 Å². The van der Waals surface area contributed by atoms with Crippen LogP contribution in [0.25, 0.3) is 0 Å². The molecule has 0 aliphatic rings. The van der Waals surface area contributed by atoms with Crippen molar-refractivity contribution in [1.82, 2.24) is 14.9 Å². The van der Waals surface area contributed by atoms with Gasteiger partial charge in [0.05, 0.1) is 22.4 Å². The highest BCUT2D eigenvalue weighted by Gasteiger charge is 2.10. The molecule has 22 heavy (non-hydrogen) atoms. The smallest absolute Gasteiger partial charge is 0.293 e. The zero-order chi connectivity index (χ0) is 16.3. The molecule has 0 aliphatic heterocycles. The predicted octanol–water partition coefficient (Wildman–Crippen LogP) is 3.28. The molecular formula is C13H12Cl2N4O2S. The van der Waals surface area contributed by atoms with Crippen LogP contribution in [0.15, 0.2) is 28.2 Å². The van der Waals surface area contributed by atoms with Gasteiger partial charge in [0, 0.05) is 0 Å². The number of benzene rings is 1. The first kappa shape index (κ1) is 16.7. The largest absolute Gasteiger partial charge is 0.488 e. The average Bonchev–Trinajstić information content (AvgIpc) is 2.42. The lowest BCUT2D eigenvalue weighted by atomic mass is 10.2. The molecule has 0 unspecified atom stereocenters. The summed E-state index contributed by atoms with van der Waals surface area (Å²) >= 11 is 17.2. The van der Waals surface area contributed by atoms with Gasteiger partial charge in [-0.25, -0.2) is 0 Å². The summed E-state index contributed by atoms with van der Waals surface area (Å²) < 4.78 is 6.62. The molecule has 0 bridgehead atoms. The predicted molar refractivity (Wildman–Crippen MR) is 88.9 cm³/mol. The summed E-state index contributed by atoms with van der Waals surface area (Å²) in [4.78, 5) is 11.6. The van der Waals surface area contributed by atoms with E-state index >= 15 is 0 Å². The van der Waals surface area contributed by atoms with Gasteiger partial charge in [0.25, 0.3) is 5.56 Å². The first-order valence-electron chi connectivity index (χ1n) is 6.25. The normalized spacial score (nSPS) is 11.3. The zero-order valence-electron chi connectivity index (χ0n) is 11.7. The molecule has 0 fully saturated rings. The highest BCUT2D eigenvalue weighted by atomic mass is 35.5. The van der Waals surface area contributed by atoms with Gasteiger partial charge in [0.1, 0.15) is 6.20 Å². The maximum atomic E-state index is 11.6. The minimum absolute atomic E-state index is 0.0526. The molecule has 1 aromatic heterocycles. The summed E-state index contributed by atoms with van der Waals surface area (Å²) in [6.07, 6.45) is 2.44. The summed E-state index contributed by atoms with van der Waals surface area (Å²) in [5, 5.41) is 10.8. The number of ether oxygens (including phenoxy) is 1. The van der Waals surface area contributed by atoms with Crippen LogP contribution in [0.1, 0.15) is 19.4 Å². The van der Waals surface area contributed by atoms with Crippen molar-refractivity contribution in [1.29, 1.82) is 0 Å². The molecule has 1 aromatic carbocycles. The average molecular weight is 359 g/mol. The summed E-state index contributed by atoms with van der Waals surface area (Å²) in [6, 6.07) is 3.27. The molecule has 0 amide bonds. The van der Waals surface area contributed by atoms with Gasteiger partial charge in [-0.1, -0.05) is 23.2 Å². The van der Waals surface area contributed by atoms with Crippen molar-refractivity contribution in [2.75, 3.05) is 0 Å². The van der Waals surface area contributed by atoms with Crippen LogP contribution < -0.4 is 10.3 Å². The Morgan fingerprint density at radius 3 is 2.59 bits per heavy atom. The number of hydrogen-bond donors (Lipinski definition) is 1. The molecule has 116 valence electrons. The maximum Gasteiger partial charge on any atom is 0.293 e. The highest BCUT2D eigenvalue weighted by Crippen LogP contribution is 2.34. The minimum atomic E-state index is -0.447. The van der Waals surface area contributed by atoms with Gasteiger partial charge in [-0.2, -0.15) is 14.9 Å². The molecule has 2 aromatic rings. The SMILES string of the molecule is CC(C)Oc1c(Cl)cc(/C=N\n2c(=O)cn[nH]c2=S)cc1Cl. The third-order valence-electron chi connectivity index (χ3n) is 2.43. The molecule has 0 spiro atoms. The summed E-state index contributed by atoms with van der Waals surface area (Å²) in [5.41, 5.74) is 0.154. The second kappa shape index (κ2) is 7.04. The third kappa shape index (κ3) is 3.94. The van der Waals surface area contributed by atoms with E-state index in [0.717, 1.165) is 10.9 Å². The van der Waals surface area contributed by atoms with E-state index in [9.17, 15) is 4.79 Å². The van der Waals surface area contributed by atoms with Gasteiger partial charge >= 0.3 is 0 Å². The van der Waals surface area contributed by atoms with E-state index in [4.69, 9.17) is 40.2 Å². The molecule has 0 saturated heterocycles. The standard InChI is InChI=1S/C13H12Cl2N4O2S/c1-7(2)21-12-9(14)3-8(4-10(12)15)5-17-19-11(20)6-16-18-13(19)22/h3-7H,1-2H3,(H,18,22)/b17-5-. The van der Waals surface area contributed by atoms with Crippen LogP contribution in [0, 0.1) is 4.77 Å². The fourth-order valence-corrected chi connectivity index (χ4v) is 2.36. The van der Waals surface area contributed by atoms with Gasteiger partial charge in [0.2, 0.25) is 4.77 Å². The number of rotatable bonds is 4. The number of halogens is 2. The Balaban J connectivity index is 2.37. The molecular weight excluding hydrogens is 347 g/mol. The Hall–Kier alpha value is -1.70. The van der Waals surface area contributed by atoms with Crippen LogP contribution >= 0.6 is 35.4 Å². The van der Waals surface area contributed by atoms with Crippen LogP contribution in [0.2, 0.25) is 10.0 Å². The lowest BCUT2D eigenvalue weighted by Gasteiger charge is -2.13. The summed E-state index contributed by atoms with van der Waals surface area (Å²) in [7, 11) is 0. The topological polar surface area (TPSA) is 72.3 Å². The van der Waals surface area contributed by atoms with Gasteiger partial charge in [-0.05, 0) is 43.8 Å². The van der Waals surface area contributed by atoms with E-state index < -0.39 is 5.56 Å². The number of hydrogen-bond acceptors (Lipinski definition) is 5. The molecule has 0 atom stereocenters. The van der Waals surface area contributed by atoms with Crippen molar-refractivity contribution in [2.45, 2.75) is 20.0 Å². The molecule has 0 saturated carbocycles. The van der Waals surface area contributed by atoms with E-state index in [1.54, 1.807) is 12.1 Å². The molecule has 1 N–H and O–H groups in total. The Morgan fingerprint density at radius 1 is 1.41 bits per heavy atom. The first-order valence-corrected chi connectivity index (χ1v) is 7.41. The second-order valence-corrected chi connectivity index (χ2v) is 5.75. The minimum Gasteiger partial charge on any atom is -0.488 e. The number of nitrogens with zero attached hydrogens (tertiary/aromatic N) is 3. The zero-order valence-corrected chi connectivity index (χ0v) is 14.0. The van der Waals surface area contributed by atoms with Crippen molar-refractivity contribution >= 4 is 41.6 Å². The lowest BCUT2D eigenvalue weighted by Crippen LogP contribution is -2.18. The Bertz CT molecular complexity index is 778. The van der Waals surface area contributed by atoms with Gasteiger partial charge in [0.15, 0.2) is 5.75 Å². The van der Waals surface area contributed by atoms with E-state index in [2.05, 4.69) is 15.3 Å². The Kier molecular flexibility index (Phi) is 5.33. The fourth-order valence-electron chi connectivity index (χ4n) is 1.58. The number of aromatic nitrogens is 3.